The number of oxazole rings is 1. The first-order valence-electron chi connectivity index (χ1n) is 8.13. The number of carbonyl (C=O) groups is 1. The van der Waals surface area contributed by atoms with Crippen LogP contribution in [0.3, 0.4) is 0 Å². The molecule has 0 fully saturated rings. The van der Waals surface area contributed by atoms with Gasteiger partial charge in [0.25, 0.3) is 0 Å². The lowest BCUT2D eigenvalue weighted by atomic mass is 10.1. The molecule has 3 aromatic rings. The second-order valence-corrected chi connectivity index (χ2v) is 5.78. The van der Waals surface area contributed by atoms with E-state index >= 15 is 0 Å². The quantitative estimate of drug-likeness (QED) is 0.728. The normalized spacial score (nSPS) is 12.0. The number of hydrogen-bond donors (Lipinski definition) is 1. The van der Waals surface area contributed by atoms with Gasteiger partial charge in [0, 0.05) is 25.2 Å². The van der Waals surface area contributed by atoms with Crippen LogP contribution < -0.4 is 5.32 Å². The monoisotopic (exact) mass is 357 g/mol. The maximum absolute atomic E-state index is 13.8. The molecule has 7 heteroatoms. The molecule has 0 spiro atoms. The summed E-state index contributed by atoms with van der Waals surface area (Å²) in [6.45, 7) is 1.87. The van der Waals surface area contributed by atoms with Gasteiger partial charge in [-0.25, -0.2) is 13.8 Å². The Kier molecular flexibility index (Phi) is 5.36. The summed E-state index contributed by atoms with van der Waals surface area (Å²) in [5, 5.41) is 2.87. The topological polar surface area (TPSA) is 68.0 Å². The number of hydrogen-bond acceptors (Lipinski definition) is 4. The molecule has 0 aliphatic heterocycles. The van der Waals surface area contributed by atoms with Gasteiger partial charge in [-0.15, -0.1) is 0 Å². The summed E-state index contributed by atoms with van der Waals surface area (Å²) in [6.07, 6.45) is 4.96. The highest BCUT2D eigenvalue weighted by Gasteiger charge is 2.16. The Balaban J connectivity index is 1.59. The summed E-state index contributed by atoms with van der Waals surface area (Å²) in [4.78, 5) is 20.0. The zero-order valence-corrected chi connectivity index (χ0v) is 14.1. The molecular weight excluding hydrogens is 340 g/mol. The van der Waals surface area contributed by atoms with Crippen molar-refractivity contribution < 1.29 is 18.0 Å². The van der Waals surface area contributed by atoms with E-state index in [1.165, 1.54) is 12.3 Å². The molecule has 0 unspecified atom stereocenters. The summed E-state index contributed by atoms with van der Waals surface area (Å²) >= 11 is 0. The Labute approximate surface area is 149 Å². The van der Waals surface area contributed by atoms with Crippen molar-refractivity contribution in [2.75, 3.05) is 0 Å². The van der Waals surface area contributed by atoms with Gasteiger partial charge >= 0.3 is 0 Å². The first-order valence-corrected chi connectivity index (χ1v) is 8.13. The maximum Gasteiger partial charge on any atom is 0.220 e. The summed E-state index contributed by atoms with van der Waals surface area (Å²) in [5.74, 6) is -1.38. The van der Waals surface area contributed by atoms with Crippen LogP contribution in [-0.2, 0) is 11.2 Å². The van der Waals surface area contributed by atoms with Gasteiger partial charge in [-0.05, 0) is 36.8 Å². The molecule has 0 aliphatic rings. The average molecular weight is 357 g/mol. The van der Waals surface area contributed by atoms with Gasteiger partial charge in [0.15, 0.2) is 11.7 Å². The van der Waals surface area contributed by atoms with Crippen molar-refractivity contribution in [1.82, 2.24) is 15.3 Å². The maximum atomic E-state index is 13.8. The van der Waals surface area contributed by atoms with E-state index in [1.54, 1.807) is 12.4 Å². The van der Waals surface area contributed by atoms with Crippen LogP contribution in [0.4, 0.5) is 8.78 Å². The Bertz CT molecular complexity index is 877. The van der Waals surface area contributed by atoms with Gasteiger partial charge in [0.2, 0.25) is 5.91 Å². The number of amides is 1. The zero-order valence-electron chi connectivity index (χ0n) is 14.1. The highest BCUT2D eigenvalue weighted by atomic mass is 19.1. The van der Waals surface area contributed by atoms with Crippen molar-refractivity contribution in [2.24, 2.45) is 0 Å². The Morgan fingerprint density at radius 2 is 1.88 bits per heavy atom. The predicted octanol–water partition coefficient (Wildman–Crippen LogP) is 3.82. The molecule has 3 rings (SSSR count). The number of pyridine rings is 1. The number of aromatic nitrogens is 2. The molecule has 0 radical (unpaired) electrons. The smallest absolute Gasteiger partial charge is 0.220 e. The highest BCUT2D eigenvalue weighted by Crippen LogP contribution is 2.26. The Morgan fingerprint density at radius 3 is 2.58 bits per heavy atom. The van der Waals surface area contributed by atoms with Gasteiger partial charge in [-0.2, -0.15) is 0 Å². The van der Waals surface area contributed by atoms with Crippen LogP contribution in [0, 0.1) is 11.6 Å². The van der Waals surface area contributed by atoms with Crippen LogP contribution in [0.1, 0.15) is 30.8 Å². The lowest BCUT2D eigenvalue weighted by molar-refractivity contribution is -0.121. The summed E-state index contributed by atoms with van der Waals surface area (Å²) in [5.41, 5.74) is 0.684. The van der Waals surface area contributed by atoms with Crippen LogP contribution in [0.2, 0.25) is 0 Å². The number of aryl methyl sites for hydroxylation is 1. The number of nitrogens with zero attached hydrogens (tertiary/aromatic N) is 2. The Hall–Kier alpha value is -3.09. The van der Waals surface area contributed by atoms with Crippen molar-refractivity contribution in [3.05, 3.63) is 72.0 Å². The first kappa shape index (κ1) is 17.7. The zero-order chi connectivity index (χ0) is 18.5. The molecule has 0 saturated carbocycles. The van der Waals surface area contributed by atoms with E-state index in [2.05, 4.69) is 15.3 Å². The fourth-order valence-corrected chi connectivity index (χ4v) is 2.54. The van der Waals surface area contributed by atoms with Crippen LogP contribution in [0.25, 0.3) is 11.3 Å². The Morgan fingerprint density at radius 1 is 1.19 bits per heavy atom. The summed E-state index contributed by atoms with van der Waals surface area (Å²) in [6, 6.07) is 7.07. The molecule has 1 N–H and O–H groups in total. The third kappa shape index (κ3) is 4.11. The van der Waals surface area contributed by atoms with Crippen LogP contribution in [0.15, 0.2) is 53.3 Å². The van der Waals surface area contributed by atoms with Crippen molar-refractivity contribution in [2.45, 2.75) is 25.8 Å². The van der Waals surface area contributed by atoms with E-state index < -0.39 is 11.6 Å². The van der Waals surface area contributed by atoms with E-state index in [1.807, 2.05) is 19.1 Å². The molecule has 0 aliphatic carbocycles. The number of carbonyl (C=O) groups excluding carboxylic acids is 1. The lowest BCUT2D eigenvalue weighted by Gasteiger charge is -2.13. The molecule has 5 nitrogen and oxygen atoms in total. The van der Waals surface area contributed by atoms with Gasteiger partial charge in [-0.1, -0.05) is 6.07 Å². The molecule has 134 valence electrons. The fourth-order valence-electron chi connectivity index (χ4n) is 2.54. The van der Waals surface area contributed by atoms with Gasteiger partial charge < -0.3 is 9.73 Å². The van der Waals surface area contributed by atoms with Gasteiger partial charge in [0.05, 0.1) is 17.8 Å². The number of nitrogens with one attached hydrogen (secondary N) is 1. The van der Waals surface area contributed by atoms with Crippen molar-refractivity contribution in [3.8, 4) is 11.3 Å². The van der Waals surface area contributed by atoms with Crippen molar-refractivity contribution in [1.29, 1.82) is 0 Å². The molecule has 0 saturated heterocycles. The standard InChI is InChI=1S/C19H17F2N3O2/c1-12(13-7-9-22-10-8-13)24-17(25)5-6-18-23-11-16(26-18)19-14(20)3-2-4-15(19)21/h2-4,7-12H,5-6H2,1H3,(H,24,25)/t12-/m0/s1. The molecule has 1 aromatic carbocycles. The summed E-state index contributed by atoms with van der Waals surface area (Å²) in [7, 11) is 0. The number of benzene rings is 1. The largest absolute Gasteiger partial charge is 0.441 e. The first-order chi connectivity index (χ1) is 12.5. The van der Waals surface area contributed by atoms with E-state index in [0.717, 1.165) is 17.7 Å². The van der Waals surface area contributed by atoms with Crippen LogP contribution >= 0.6 is 0 Å². The fraction of sp³-hybridized carbons (Fsp3) is 0.211. The van der Waals surface area contributed by atoms with Gasteiger partial charge in [-0.3, -0.25) is 9.78 Å². The minimum absolute atomic E-state index is 0.00108. The number of rotatable bonds is 6. The predicted molar refractivity (Wildman–Crippen MR) is 91.0 cm³/mol. The van der Waals surface area contributed by atoms with Gasteiger partial charge in [0.1, 0.15) is 11.6 Å². The van der Waals surface area contributed by atoms with E-state index in [4.69, 9.17) is 4.42 Å². The molecule has 1 amide bonds. The van der Waals surface area contributed by atoms with E-state index in [9.17, 15) is 13.6 Å². The molecule has 0 bridgehead atoms. The average Bonchev–Trinajstić information content (AvgIpc) is 3.09. The van der Waals surface area contributed by atoms with E-state index in [-0.39, 0.29) is 42.0 Å². The second kappa shape index (κ2) is 7.86. The third-order valence-corrected chi connectivity index (χ3v) is 3.91. The minimum Gasteiger partial charge on any atom is -0.441 e. The lowest BCUT2D eigenvalue weighted by Crippen LogP contribution is -2.26. The second-order valence-electron chi connectivity index (χ2n) is 5.78. The molecule has 1 atom stereocenters. The van der Waals surface area contributed by atoms with Crippen molar-refractivity contribution in [3.63, 3.8) is 0 Å². The SMILES string of the molecule is C[C@H](NC(=O)CCc1ncc(-c2c(F)cccc2F)o1)c1ccncc1. The van der Waals surface area contributed by atoms with Crippen molar-refractivity contribution >= 4 is 5.91 Å². The summed E-state index contributed by atoms with van der Waals surface area (Å²) < 4.78 is 32.9. The van der Waals surface area contributed by atoms with Crippen LogP contribution in [0.5, 0.6) is 0 Å². The molecule has 26 heavy (non-hydrogen) atoms. The highest BCUT2D eigenvalue weighted by molar-refractivity contribution is 5.76. The number of halogens is 2. The molecule has 2 heterocycles. The van der Waals surface area contributed by atoms with E-state index in [0.29, 0.717) is 0 Å². The van der Waals surface area contributed by atoms with Crippen LogP contribution in [-0.4, -0.2) is 15.9 Å². The minimum atomic E-state index is -0.725. The molecule has 2 aromatic heterocycles. The third-order valence-electron chi connectivity index (χ3n) is 3.91. The molecular formula is C19H17F2N3O2.